The Morgan fingerprint density at radius 2 is 1.65 bits per heavy atom. The van der Waals surface area contributed by atoms with Gasteiger partial charge < -0.3 is 9.32 Å². The molecule has 0 saturated carbocycles. The van der Waals surface area contributed by atoms with Crippen LogP contribution in [0.1, 0.15) is 42.6 Å². The molecule has 1 aliphatic carbocycles. The summed E-state index contributed by atoms with van der Waals surface area (Å²) >= 11 is 5.49. The first-order valence-corrected chi connectivity index (χ1v) is 10.1. The van der Waals surface area contributed by atoms with E-state index in [0.717, 1.165) is 42.4 Å². The quantitative estimate of drug-likeness (QED) is 0.387. The van der Waals surface area contributed by atoms with Crippen LogP contribution >= 0.6 is 12.2 Å². The van der Waals surface area contributed by atoms with E-state index in [4.69, 9.17) is 16.6 Å². The summed E-state index contributed by atoms with van der Waals surface area (Å²) in [5.41, 5.74) is 3.97. The van der Waals surface area contributed by atoms with E-state index in [1.54, 1.807) is 0 Å². The largest absolute Gasteiger partial charge is 0.456 e. The van der Waals surface area contributed by atoms with Crippen LogP contribution in [0.3, 0.4) is 0 Å². The predicted molar refractivity (Wildman–Crippen MR) is 112 cm³/mol. The van der Waals surface area contributed by atoms with Gasteiger partial charge in [0, 0.05) is 29.8 Å². The van der Waals surface area contributed by atoms with E-state index in [1.165, 1.54) is 42.4 Å². The predicted octanol–water partition coefficient (Wildman–Crippen LogP) is 5.82. The molecule has 1 aromatic heterocycles. The average Bonchev–Trinajstić information content (AvgIpc) is 3.34. The third-order valence-electron chi connectivity index (χ3n) is 5.30. The van der Waals surface area contributed by atoms with Crippen LogP contribution < -0.4 is 0 Å². The summed E-state index contributed by atoms with van der Waals surface area (Å²) in [4.78, 5) is 3.22. The molecule has 26 heavy (non-hydrogen) atoms. The van der Waals surface area contributed by atoms with Gasteiger partial charge in [-0.15, -0.1) is 0 Å². The minimum Gasteiger partial charge on any atom is -0.456 e. The Kier molecular flexibility index (Phi) is 5.35. The van der Waals surface area contributed by atoms with Crippen LogP contribution in [0.25, 0.3) is 17.4 Å². The zero-order chi connectivity index (χ0) is 17.8. The number of fused-ring (bicyclic) bond motifs is 1. The standard InChI is InChI=1S/C23H25NOS/c26-22(24-16-8-9-17-24)15-7-6-14-21-19-12-4-5-13-20(19)23(25-21)18-10-2-1-3-11-18/h1-3,6-7,10-11,14-15H,4-5,8-9,12-13,16-17H2/b14-6+,15-7+. The highest BCUT2D eigenvalue weighted by molar-refractivity contribution is 7.80. The minimum absolute atomic E-state index is 0.943. The average molecular weight is 364 g/mol. The summed E-state index contributed by atoms with van der Waals surface area (Å²) < 4.78 is 6.30. The summed E-state index contributed by atoms with van der Waals surface area (Å²) in [6, 6.07) is 10.5. The van der Waals surface area contributed by atoms with E-state index in [0.29, 0.717) is 0 Å². The minimum atomic E-state index is 0.943. The van der Waals surface area contributed by atoms with Crippen molar-refractivity contribution in [3.8, 4) is 11.3 Å². The first-order chi connectivity index (χ1) is 12.8. The van der Waals surface area contributed by atoms with Crippen molar-refractivity contribution in [2.75, 3.05) is 13.1 Å². The van der Waals surface area contributed by atoms with Crippen LogP contribution in [0.5, 0.6) is 0 Å². The lowest BCUT2D eigenvalue weighted by atomic mass is 9.90. The van der Waals surface area contributed by atoms with Crippen LogP contribution in [0.2, 0.25) is 0 Å². The van der Waals surface area contributed by atoms with E-state index in [9.17, 15) is 0 Å². The highest BCUT2D eigenvalue weighted by Crippen LogP contribution is 2.37. The van der Waals surface area contributed by atoms with Gasteiger partial charge in [0.05, 0.1) is 0 Å². The van der Waals surface area contributed by atoms with E-state index in [-0.39, 0.29) is 0 Å². The number of hydrogen-bond acceptors (Lipinski definition) is 2. The maximum atomic E-state index is 6.30. The van der Waals surface area contributed by atoms with Crippen molar-refractivity contribution in [2.24, 2.45) is 0 Å². The zero-order valence-corrected chi connectivity index (χ0v) is 15.9. The zero-order valence-electron chi connectivity index (χ0n) is 15.1. The molecule has 0 N–H and O–H groups in total. The van der Waals surface area contributed by atoms with Crippen LogP contribution in [-0.4, -0.2) is 23.0 Å². The van der Waals surface area contributed by atoms with Gasteiger partial charge in [-0.25, -0.2) is 0 Å². The molecule has 0 amide bonds. The van der Waals surface area contributed by atoms with Gasteiger partial charge in [-0.05, 0) is 50.7 Å². The number of thiocarbonyl (C=S) groups is 1. The van der Waals surface area contributed by atoms with Crippen molar-refractivity contribution in [1.82, 2.24) is 4.90 Å². The second-order valence-electron chi connectivity index (χ2n) is 7.08. The van der Waals surface area contributed by atoms with Crippen molar-refractivity contribution < 1.29 is 4.42 Å². The molecule has 1 aromatic carbocycles. The van der Waals surface area contributed by atoms with E-state index < -0.39 is 0 Å². The number of nitrogens with zero attached hydrogens (tertiary/aromatic N) is 1. The lowest BCUT2D eigenvalue weighted by molar-refractivity contribution is 0.532. The molecule has 134 valence electrons. The molecule has 0 bridgehead atoms. The van der Waals surface area contributed by atoms with E-state index in [1.807, 2.05) is 18.2 Å². The molecule has 2 nitrogen and oxygen atoms in total. The summed E-state index contributed by atoms with van der Waals surface area (Å²) in [5, 5.41) is 0. The molecule has 1 aliphatic heterocycles. The maximum Gasteiger partial charge on any atom is 0.138 e. The number of hydrogen-bond donors (Lipinski definition) is 0. The highest BCUT2D eigenvalue weighted by atomic mass is 32.1. The Morgan fingerprint density at radius 1 is 0.923 bits per heavy atom. The molecule has 2 heterocycles. The number of likely N-dealkylation sites (tertiary alicyclic amines) is 1. The number of benzene rings is 1. The summed E-state index contributed by atoms with van der Waals surface area (Å²) in [7, 11) is 0. The Balaban J connectivity index is 1.54. The second kappa shape index (κ2) is 8.05. The third-order valence-corrected chi connectivity index (χ3v) is 5.70. The van der Waals surface area contributed by atoms with Gasteiger partial charge in [-0.2, -0.15) is 0 Å². The van der Waals surface area contributed by atoms with Gasteiger partial charge in [-0.1, -0.05) is 54.7 Å². The molecule has 2 aliphatic rings. The molecular weight excluding hydrogens is 338 g/mol. The molecule has 0 radical (unpaired) electrons. The first-order valence-electron chi connectivity index (χ1n) is 9.66. The first kappa shape index (κ1) is 17.3. The topological polar surface area (TPSA) is 16.4 Å². The molecule has 1 saturated heterocycles. The smallest absolute Gasteiger partial charge is 0.138 e. The maximum absolute atomic E-state index is 6.30. The summed E-state index contributed by atoms with van der Waals surface area (Å²) in [6.07, 6.45) is 15.5. The monoisotopic (exact) mass is 363 g/mol. The van der Waals surface area contributed by atoms with Crippen molar-refractivity contribution in [1.29, 1.82) is 0 Å². The van der Waals surface area contributed by atoms with Crippen LogP contribution in [-0.2, 0) is 12.8 Å². The molecule has 1 fully saturated rings. The Bertz CT molecular complexity index is 825. The van der Waals surface area contributed by atoms with Gasteiger partial charge in [-0.3, -0.25) is 0 Å². The molecule has 3 heteroatoms. The van der Waals surface area contributed by atoms with Crippen LogP contribution in [0.15, 0.2) is 53.0 Å². The molecular formula is C23H25NOS. The number of furan rings is 1. The fraction of sp³-hybridized carbons (Fsp3) is 0.348. The molecule has 0 spiro atoms. The van der Waals surface area contributed by atoms with Crippen molar-refractivity contribution in [3.63, 3.8) is 0 Å². The third kappa shape index (κ3) is 3.68. The van der Waals surface area contributed by atoms with Gasteiger partial charge in [0.15, 0.2) is 0 Å². The fourth-order valence-corrected chi connectivity index (χ4v) is 4.20. The van der Waals surface area contributed by atoms with Crippen LogP contribution in [0, 0.1) is 0 Å². The normalized spacial score (nSPS) is 17.3. The SMILES string of the molecule is S=C(/C=C/C=C/c1oc(-c2ccccc2)c2c1CCCC2)N1CCCC1. The highest BCUT2D eigenvalue weighted by Gasteiger charge is 2.22. The number of allylic oxidation sites excluding steroid dienone is 2. The molecule has 0 unspecified atom stereocenters. The Labute approximate surface area is 161 Å². The number of rotatable bonds is 4. The lowest BCUT2D eigenvalue weighted by Gasteiger charge is -2.14. The van der Waals surface area contributed by atoms with Crippen molar-refractivity contribution in [3.05, 3.63) is 65.4 Å². The fourth-order valence-electron chi connectivity index (χ4n) is 3.94. The van der Waals surface area contributed by atoms with Gasteiger partial charge in [0.2, 0.25) is 0 Å². The summed E-state index contributed by atoms with van der Waals surface area (Å²) in [5.74, 6) is 2.06. The molecule has 0 atom stereocenters. The van der Waals surface area contributed by atoms with Gasteiger partial charge >= 0.3 is 0 Å². The molecule has 2 aromatic rings. The van der Waals surface area contributed by atoms with Crippen molar-refractivity contribution >= 4 is 23.3 Å². The van der Waals surface area contributed by atoms with E-state index >= 15 is 0 Å². The summed E-state index contributed by atoms with van der Waals surface area (Å²) in [6.45, 7) is 2.19. The Morgan fingerprint density at radius 3 is 2.42 bits per heavy atom. The second-order valence-corrected chi connectivity index (χ2v) is 7.49. The lowest BCUT2D eigenvalue weighted by Crippen LogP contribution is -2.23. The van der Waals surface area contributed by atoms with E-state index in [2.05, 4.69) is 41.3 Å². The van der Waals surface area contributed by atoms with Crippen LogP contribution in [0.4, 0.5) is 0 Å². The van der Waals surface area contributed by atoms with Gasteiger partial charge in [0.1, 0.15) is 16.5 Å². The van der Waals surface area contributed by atoms with Crippen molar-refractivity contribution in [2.45, 2.75) is 38.5 Å². The Hall–Kier alpha value is -2.13. The molecule has 4 rings (SSSR count). The van der Waals surface area contributed by atoms with Gasteiger partial charge in [0.25, 0.3) is 0 Å².